The van der Waals surface area contributed by atoms with Gasteiger partial charge in [-0.2, -0.15) is 0 Å². The van der Waals surface area contributed by atoms with Crippen LogP contribution >= 0.6 is 0 Å². The van der Waals surface area contributed by atoms with Gasteiger partial charge < -0.3 is 15.5 Å². The Morgan fingerprint density at radius 2 is 2.08 bits per heavy atom. The van der Waals surface area contributed by atoms with E-state index in [0.29, 0.717) is 29.8 Å². The van der Waals surface area contributed by atoms with Gasteiger partial charge in [-0.05, 0) is 30.2 Å². The van der Waals surface area contributed by atoms with E-state index in [-0.39, 0.29) is 18.0 Å². The summed E-state index contributed by atoms with van der Waals surface area (Å²) >= 11 is 0. The van der Waals surface area contributed by atoms with Crippen LogP contribution in [0.1, 0.15) is 61.1 Å². The van der Waals surface area contributed by atoms with Gasteiger partial charge in [0, 0.05) is 6.04 Å². The molecule has 4 unspecified atom stereocenters. The van der Waals surface area contributed by atoms with Crippen LogP contribution in [0.4, 0.5) is 0 Å². The summed E-state index contributed by atoms with van der Waals surface area (Å²) in [5.41, 5.74) is 7.60. The third kappa shape index (κ3) is 4.28. The highest BCUT2D eigenvalue weighted by molar-refractivity contribution is 5.92. The molecule has 1 fully saturated rings. The van der Waals surface area contributed by atoms with Gasteiger partial charge in [-0.3, -0.25) is 4.79 Å². The van der Waals surface area contributed by atoms with Crippen LogP contribution in [-0.4, -0.2) is 16.9 Å². The van der Waals surface area contributed by atoms with Crippen molar-refractivity contribution in [2.24, 2.45) is 17.6 Å². The zero-order valence-electron chi connectivity index (χ0n) is 14.9. The smallest absolute Gasteiger partial charge is 0.273 e. The van der Waals surface area contributed by atoms with E-state index in [1.807, 2.05) is 30.3 Å². The topological polar surface area (TPSA) is 81.2 Å². The van der Waals surface area contributed by atoms with Crippen LogP contribution in [-0.2, 0) is 6.42 Å². The Morgan fingerprint density at radius 1 is 1.32 bits per heavy atom. The maximum Gasteiger partial charge on any atom is 0.273 e. The molecule has 1 heterocycles. The molecule has 1 aliphatic rings. The Bertz CT molecular complexity index is 698. The first-order valence-corrected chi connectivity index (χ1v) is 9.10. The van der Waals surface area contributed by atoms with E-state index >= 15 is 0 Å². The molecule has 0 aliphatic heterocycles. The minimum absolute atomic E-state index is 0.173. The van der Waals surface area contributed by atoms with E-state index < -0.39 is 0 Å². The van der Waals surface area contributed by atoms with Crippen LogP contribution in [0.25, 0.3) is 0 Å². The Labute approximate surface area is 149 Å². The normalized spacial score (nSPS) is 24.7. The molecule has 1 aromatic heterocycles. The number of nitrogens with zero attached hydrogens (tertiary/aromatic N) is 1. The molecular formula is C20H27N3O2. The number of rotatable bonds is 5. The van der Waals surface area contributed by atoms with Gasteiger partial charge in [0.1, 0.15) is 6.26 Å². The highest BCUT2D eigenvalue weighted by atomic mass is 16.3. The summed E-state index contributed by atoms with van der Waals surface area (Å²) in [6, 6.07) is 9.79. The number of aromatic nitrogens is 1. The minimum Gasteiger partial charge on any atom is -0.446 e. The lowest BCUT2D eigenvalue weighted by atomic mass is 9.78. The van der Waals surface area contributed by atoms with Gasteiger partial charge >= 0.3 is 0 Å². The first-order valence-electron chi connectivity index (χ1n) is 9.10. The van der Waals surface area contributed by atoms with Crippen LogP contribution in [0.2, 0.25) is 0 Å². The summed E-state index contributed by atoms with van der Waals surface area (Å²) in [5.74, 6) is 1.34. The predicted molar refractivity (Wildman–Crippen MR) is 97.0 cm³/mol. The van der Waals surface area contributed by atoms with Crippen LogP contribution in [0.3, 0.4) is 0 Å². The molecule has 5 nitrogen and oxygen atoms in total. The number of carbonyl (C=O) groups is 1. The second-order valence-corrected chi connectivity index (χ2v) is 7.21. The zero-order chi connectivity index (χ0) is 17.8. The lowest BCUT2D eigenvalue weighted by Crippen LogP contribution is -2.43. The molecular weight excluding hydrogens is 314 g/mol. The summed E-state index contributed by atoms with van der Waals surface area (Å²) in [7, 11) is 0. The summed E-state index contributed by atoms with van der Waals surface area (Å²) in [4.78, 5) is 16.8. The van der Waals surface area contributed by atoms with E-state index in [0.717, 1.165) is 18.4 Å². The standard InChI is InChI=1S/C20H27N3O2/c1-13-7-6-10-17(14(13)2)22-19(24)18-12-25-20(23-18)16(21)11-15-8-4-3-5-9-15/h3-5,8-9,12-14,16-17H,6-7,10-11,21H2,1-2H3,(H,22,24). The Balaban J connectivity index is 1.61. The second-order valence-electron chi connectivity index (χ2n) is 7.21. The molecule has 1 aliphatic carbocycles. The van der Waals surface area contributed by atoms with E-state index in [1.54, 1.807) is 0 Å². The van der Waals surface area contributed by atoms with Crippen molar-refractivity contribution < 1.29 is 9.21 Å². The molecule has 3 rings (SSSR count). The molecule has 0 spiro atoms. The first-order chi connectivity index (χ1) is 12.0. The lowest BCUT2D eigenvalue weighted by Gasteiger charge is -2.34. The Kier molecular flexibility index (Phi) is 5.53. The molecule has 0 radical (unpaired) electrons. The largest absolute Gasteiger partial charge is 0.446 e. The number of hydrogen-bond acceptors (Lipinski definition) is 4. The maximum atomic E-state index is 12.5. The number of carbonyl (C=O) groups excluding carboxylic acids is 1. The van der Waals surface area contributed by atoms with Crippen LogP contribution < -0.4 is 11.1 Å². The highest BCUT2D eigenvalue weighted by Gasteiger charge is 2.29. The number of benzene rings is 1. The van der Waals surface area contributed by atoms with Crippen LogP contribution in [0.15, 0.2) is 41.0 Å². The van der Waals surface area contributed by atoms with Crippen molar-refractivity contribution in [3.05, 3.63) is 53.7 Å². The zero-order valence-corrected chi connectivity index (χ0v) is 14.9. The summed E-state index contributed by atoms with van der Waals surface area (Å²) in [6.45, 7) is 4.46. The molecule has 3 N–H and O–H groups in total. The van der Waals surface area contributed by atoms with E-state index in [4.69, 9.17) is 10.2 Å². The molecule has 134 valence electrons. The van der Waals surface area contributed by atoms with Gasteiger partial charge in [-0.25, -0.2) is 4.98 Å². The van der Waals surface area contributed by atoms with Gasteiger partial charge in [0.25, 0.3) is 5.91 Å². The van der Waals surface area contributed by atoms with Crippen LogP contribution in [0.5, 0.6) is 0 Å². The molecule has 2 aromatic rings. The molecule has 1 saturated carbocycles. The van der Waals surface area contributed by atoms with Gasteiger partial charge in [0.2, 0.25) is 5.89 Å². The van der Waals surface area contributed by atoms with Crippen molar-refractivity contribution in [2.45, 2.75) is 51.6 Å². The number of amides is 1. The molecule has 0 saturated heterocycles. The van der Waals surface area contributed by atoms with Gasteiger partial charge in [-0.1, -0.05) is 57.0 Å². The monoisotopic (exact) mass is 341 g/mol. The predicted octanol–water partition coefficient (Wildman–Crippen LogP) is 3.47. The lowest BCUT2D eigenvalue weighted by molar-refractivity contribution is 0.0886. The van der Waals surface area contributed by atoms with Crippen molar-refractivity contribution in [1.29, 1.82) is 0 Å². The summed E-state index contributed by atoms with van der Waals surface area (Å²) in [5, 5.41) is 3.12. The average molecular weight is 341 g/mol. The molecule has 25 heavy (non-hydrogen) atoms. The highest BCUT2D eigenvalue weighted by Crippen LogP contribution is 2.29. The fourth-order valence-corrected chi connectivity index (χ4v) is 3.55. The van der Waals surface area contributed by atoms with Gasteiger partial charge in [0.15, 0.2) is 5.69 Å². The molecule has 1 amide bonds. The Hall–Kier alpha value is -2.14. The first kappa shape index (κ1) is 17.7. The quantitative estimate of drug-likeness (QED) is 0.872. The van der Waals surface area contributed by atoms with Gasteiger partial charge in [0.05, 0.1) is 6.04 Å². The van der Waals surface area contributed by atoms with E-state index in [1.165, 1.54) is 12.7 Å². The number of nitrogens with two attached hydrogens (primary N) is 1. The summed E-state index contributed by atoms with van der Waals surface area (Å²) < 4.78 is 5.46. The third-order valence-electron chi connectivity index (χ3n) is 5.39. The van der Waals surface area contributed by atoms with Crippen molar-refractivity contribution in [3.63, 3.8) is 0 Å². The van der Waals surface area contributed by atoms with Crippen LogP contribution in [0, 0.1) is 11.8 Å². The molecule has 5 heteroatoms. The van der Waals surface area contributed by atoms with Crippen molar-refractivity contribution in [2.75, 3.05) is 0 Å². The fraction of sp³-hybridized carbons (Fsp3) is 0.500. The third-order valence-corrected chi connectivity index (χ3v) is 5.39. The van der Waals surface area contributed by atoms with Crippen molar-refractivity contribution in [3.8, 4) is 0 Å². The summed E-state index contributed by atoms with van der Waals surface area (Å²) in [6.07, 6.45) is 5.44. The number of hydrogen-bond donors (Lipinski definition) is 2. The van der Waals surface area contributed by atoms with Crippen molar-refractivity contribution in [1.82, 2.24) is 10.3 Å². The van der Waals surface area contributed by atoms with E-state index in [2.05, 4.69) is 24.1 Å². The fourth-order valence-electron chi connectivity index (χ4n) is 3.55. The average Bonchev–Trinajstić information content (AvgIpc) is 3.10. The maximum absolute atomic E-state index is 12.5. The van der Waals surface area contributed by atoms with Crippen molar-refractivity contribution >= 4 is 5.91 Å². The van der Waals surface area contributed by atoms with E-state index in [9.17, 15) is 4.79 Å². The SMILES string of the molecule is CC1CCCC(NC(=O)c2coc(C(N)Cc3ccccc3)n2)C1C. The second kappa shape index (κ2) is 7.83. The minimum atomic E-state index is -0.363. The number of oxazole rings is 1. The Morgan fingerprint density at radius 3 is 2.84 bits per heavy atom. The number of nitrogens with one attached hydrogen (secondary N) is 1. The molecule has 1 aromatic carbocycles. The van der Waals surface area contributed by atoms with Gasteiger partial charge in [-0.15, -0.1) is 0 Å². The molecule has 0 bridgehead atoms. The molecule has 4 atom stereocenters.